The molecule has 53 valence electrons. The van der Waals surface area contributed by atoms with Gasteiger partial charge < -0.3 is 0 Å². The van der Waals surface area contributed by atoms with Crippen LogP contribution in [0.3, 0.4) is 0 Å². The minimum atomic E-state index is -0.246. The first-order chi connectivity index (χ1) is 4.26. The summed E-state index contributed by atoms with van der Waals surface area (Å²) in [5.74, 6) is 0. The first-order valence-electron chi connectivity index (χ1n) is 2.85. The van der Waals surface area contributed by atoms with E-state index in [1.54, 1.807) is 4.90 Å². The van der Waals surface area contributed by atoms with Crippen LogP contribution in [0.5, 0.6) is 0 Å². The Bertz CT molecular complexity index is 93.0. The first-order valence-corrected chi connectivity index (χ1v) is 3.66. The molecule has 0 aliphatic rings. The van der Waals surface area contributed by atoms with Crippen molar-refractivity contribution in [1.29, 1.82) is 0 Å². The average Bonchev–Trinajstić information content (AvgIpc) is 1.90. The van der Waals surface area contributed by atoms with E-state index in [0.29, 0.717) is 13.1 Å². The van der Waals surface area contributed by atoms with Crippen LogP contribution in [0.1, 0.15) is 13.8 Å². The Morgan fingerprint density at radius 3 is 2.11 bits per heavy atom. The van der Waals surface area contributed by atoms with E-state index in [-0.39, 0.29) is 6.09 Å². The zero-order valence-electron chi connectivity index (χ0n) is 5.59. The summed E-state index contributed by atoms with van der Waals surface area (Å²) in [6.45, 7) is 5.26. The van der Waals surface area contributed by atoms with E-state index in [9.17, 15) is 4.79 Å². The van der Waals surface area contributed by atoms with E-state index in [2.05, 4.69) is 3.39 Å². The van der Waals surface area contributed by atoms with Gasteiger partial charge in [0.15, 0.2) is 0 Å². The molecule has 0 bridgehead atoms. The Morgan fingerprint density at radius 1 is 1.56 bits per heavy atom. The van der Waals surface area contributed by atoms with Gasteiger partial charge >= 0.3 is 66.3 Å². The van der Waals surface area contributed by atoms with Crippen LogP contribution in [0.2, 0.25) is 0 Å². The molecule has 0 rings (SSSR count). The molecule has 0 N–H and O–H groups in total. The zero-order valence-corrected chi connectivity index (χ0v) is 7.59. The third-order valence-electron chi connectivity index (χ3n) is 1.09. The summed E-state index contributed by atoms with van der Waals surface area (Å²) in [7, 11) is 0. The summed E-state index contributed by atoms with van der Waals surface area (Å²) >= 11 is 1.32. The van der Waals surface area contributed by atoms with Crippen molar-refractivity contribution >= 4 is 6.09 Å². The fourth-order valence-corrected chi connectivity index (χ4v) is 0.794. The molecule has 0 fully saturated rings. The Labute approximate surface area is 66.7 Å². The molecule has 0 aromatic heterocycles. The summed E-state index contributed by atoms with van der Waals surface area (Å²) < 4.78 is 4.49. The number of amides is 1. The van der Waals surface area contributed by atoms with E-state index < -0.39 is 0 Å². The number of hydrogen-bond donors (Lipinski definition) is 0. The molecule has 0 saturated carbocycles. The van der Waals surface area contributed by atoms with Crippen molar-refractivity contribution in [3.8, 4) is 0 Å². The van der Waals surface area contributed by atoms with Gasteiger partial charge in [-0.25, -0.2) is 0 Å². The SMILES string of the molecule is CCN(CC)C(=O)[O][Mo]. The number of carbonyl (C=O) groups is 1. The molecule has 0 spiro atoms. The minimum absolute atomic E-state index is 0.246. The standard InChI is InChI=1S/C5H11NO2.Mo/c1-3-6(4-2)5(7)8;/h3-4H2,1-2H3,(H,7,8);/q;+1/p-1. The Balaban J connectivity index is 3.64. The van der Waals surface area contributed by atoms with Crippen LogP contribution in [0.25, 0.3) is 0 Å². The van der Waals surface area contributed by atoms with Crippen LogP contribution in [-0.4, -0.2) is 24.1 Å². The molecule has 0 aliphatic heterocycles. The molecule has 0 atom stereocenters. The van der Waals surface area contributed by atoms with Crippen molar-refractivity contribution in [3.05, 3.63) is 0 Å². The van der Waals surface area contributed by atoms with Gasteiger partial charge in [0, 0.05) is 0 Å². The monoisotopic (exact) mass is 214 g/mol. The predicted octanol–water partition coefficient (Wildman–Crippen LogP) is 0.927. The fraction of sp³-hybridized carbons (Fsp3) is 0.800. The van der Waals surface area contributed by atoms with Crippen molar-refractivity contribution in [2.24, 2.45) is 0 Å². The van der Waals surface area contributed by atoms with Crippen LogP contribution in [0, 0.1) is 0 Å². The third-order valence-corrected chi connectivity index (χ3v) is 1.44. The van der Waals surface area contributed by atoms with Gasteiger partial charge in [0.1, 0.15) is 0 Å². The number of rotatable bonds is 2. The van der Waals surface area contributed by atoms with Crippen molar-refractivity contribution in [3.63, 3.8) is 0 Å². The maximum absolute atomic E-state index is 10.7. The predicted molar refractivity (Wildman–Crippen MR) is 29.4 cm³/mol. The molecular weight excluding hydrogens is 202 g/mol. The number of hydrogen-bond acceptors (Lipinski definition) is 2. The molecule has 1 amide bonds. The van der Waals surface area contributed by atoms with Gasteiger partial charge in [0.25, 0.3) is 0 Å². The molecule has 0 aromatic carbocycles. The normalized spacial score (nSPS) is 8.67. The second kappa shape index (κ2) is 4.80. The Kier molecular flexibility index (Phi) is 4.78. The average molecular weight is 212 g/mol. The van der Waals surface area contributed by atoms with Crippen molar-refractivity contribution in [1.82, 2.24) is 4.90 Å². The van der Waals surface area contributed by atoms with E-state index in [1.165, 1.54) is 20.2 Å². The molecule has 0 saturated heterocycles. The van der Waals surface area contributed by atoms with Crippen LogP contribution in [-0.2, 0) is 23.6 Å². The van der Waals surface area contributed by atoms with Crippen molar-refractivity contribution in [2.45, 2.75) is 13.8 Å². The number of carbonyl (C=O) groups excluding carboxylic acids is 1. The molecule has 0 unspecified atom stereocenters. The van der Waals surface area contributed by atoms with E-state index in [0.717, 1.165) is 0 Å². The molecule has 3 nitrogen and oxygen atoms in total. The molecule has 9 heavy (non-hydrogen) atoms. The molecule has 0 radical (unpaired) electrons. The van der Waals surface area contributed by atoms with Gasteiger partial charge in [-0.05, 0) is 0 Å². The fourth-order valence-electron chi connectivity index (χ4n) is 0.535. The summed E-state index contributed by atoms with van der Waals surface area (Å²) in [4.78, 5) is 12.3. The van der Waals surface area contributed by atoms with E-state index >= 15 is 0 Å². The summed E-state index contributed by atoms with van der Waals surface area (Å²) in [6, 6.07) is 0. The molecule has 4 heteroatoms. The third kappa shape index (κ3) is 2.85. The second-order valence-electron chi connectivity index (χ2n) is 1.52. The quantitative estimate of drug-likeness (QED) is 0.637. The van der Waals surface area contributed by atoms with Gasteiger partial charge in [-0.15, -0.1) is 0 Å². The molecule has 0 aliphatic carbocycles. The van der Waals surface area contributed by atoms with Crippen LogP contribution < -0.4 is 0 Å². The molecular formula is C5H10MoNO2. The zero-order chi connectivity index (χ0) is 7.28. The summed E-state index contributed by atoms with van der Waals surface area (Å²) in [5.41, 5.74) is 0. The Morgan fingerprint density at radius 2 is 2.00 bits per heavy atom. The summed E-state index contributed by atoms with van der Waals surface area (Å²) in [6.07, 6.45) is -0.246. The Hall–Kier alpha value is -0.0417. The van der Waals surface area contributed by atoms with Gasteiger partial charge in [-0.1, -0.05) is 0 Å². The summed E-state index contributed by atoms with van der Waals surface area (Å²) in [5, 5.41) is 0. The van der Waals surface area contributed by atoms with Crippen LogP contribution in [0.15, 0.2) is 0 Å². The topological polar surface area (TPSA) is 29.5 Å². The van der Waals surface area contributed by atoms with Gasteiger partial charge in [-0.3, -0.25) is 0 Å². The van der Waals surface area contributed by atoms with Crippen LogP contribution in [0.4, 0.5) is 4.79 Å². The van der Waals surface area contributed by atoms with Gasteiger partial charge in [0.2, 0.25) is 0 Å². The first kappa shape index (κ1) is 8.96. The number of nitrogens with zero attached hydrogens (tertiary/aromatic N) is 1. The van der Waals surface area contributed by atoms with Crippen molar-refractivity contribution < 1.29 is 28.4 Å². The van der Waals surface area contributed by atoms with E-state index in [1.807, 2.05) is 13.8 Å². The van der Waals surface area contributed by atoms with Gasteiger partial charge in [0.05, 0.1) is 0 Å². The van der Waals surface area contributed by atoms with Crippen LogP contribution >= 0.6 is 0 Å². The molecule has 0 aromatic rings. The van der Waals surface area contributed by atoms with Crippen molar-refractivity contribution in [2.75, 3.05) is 13.1 Å². The van der Waals surface area contributed by atoms with E-state index in [4.69, 9.17) is 0 Å². The second-order valence-corrected chi connectivity index (χ2v) is 1.93. The maximum atomic E-state index is 10.7. The molecule has 0 heterocycles. The van der Waals surface area contributed by atoms with Gasteiger partial charge in [-0.2, -0.15) is 0 Å².